The number of rotatable bonds is 16. The molecule has 3 rings (SSSR count). The van der Waals surface area contributed by atoms with E-state index in [4.69, 9.17) is 18.9 Å². The average Bonchev–Trinajstić information content (AvgIpc) is 3.23. The van der Waals surface area contributed by atoms with Crippen molar-refractivity contribution in [3.63, 3.8) is 0 Å². The third-order valence-corrected chi connectivity index (χ3v) is 8.98. The van der Waals surface area contributed by atoms with Crippen molar-refractivity contribution in [2.45, 2.75) is 61.7 Å². The number of aromatic amines is 1. The van der Waals surface area contributed by atoms with Gasteiger partial charge in [0.25, 0.3) is 5.56 Å². The number of aliphatic hydroxyl groups excluding tert-OH is 5. The molecule has 2 saturated heterocycles. The molecular weight excluding hydrogens is 660 g/mol. The van der Waals surface area contributed by atoms with Gasteiger partial charge in [-0.05, 0) is 0 Å². The summed E-state index contributed by atoms with van der Waals surface area (Å²) < 4.78 is 59.3. The summed E-state index contributed by atoms with van der Waals surface area (Å²) in [4.78, 5) is 57.2. The quantitative estimate of drug-likeness (QED) is 0.0580. The molecule has 6 unspecified atom stereocenters. The molecule has 0 aromatic carbocycles. The van der Waals surface area contributed by atoms with Crippen LogP contribution in [0.3, 0.4) is 0 Å². The maximum Gasteiger partial charge on any atom is 0.483 e. The highest BCUT2D eigenvalue weighted by molar-refractivity contribution is 7.61. The van der Waals surface area contributed by atoms with Crippen LogP contribution in [-0.2, 0) is 46.2 Å². The fourth-order valence-corrected chi connectivity index (χ4v) is 6.24. The summed E-state index contributed by atoms with van der Waals surface area (Å²) >= 11 is 0. The highest BCUT2D eigenvalue weighted by atomic mass is 31.3. The van der Waals surface area contributed by atoms with Gasteiger partial charge in [-0.25, -0.2) is 13.9 Å². The number of hydrogen-bond acceptors (Lipinski definition) is 17. The summed E-state index contributed by atoms with van der Waals surface area (Å²) in [5, 5.41) is 53.3. The second-order valence-corrected chi connectivity index (χ2v) is 12.7. The molecule has 24 heteroatoms. The molecule has 0 bridgehead atoms. The van der Waals surface area contributed by atoms with Gasteiger partial charge in [-0.2, -0.15) is 4.31 Å². The molecule has 1 aromatic heterocycles. The molecule has 2 aliphatic heterocycles. The lowest BCUT2D eigenvalue weighted by Crippen LogP contribution is -2.60. The molecule has 9 N–H and O–H groups in total. The van der Waals surface area contributed by atoms with Crippen molar-refractivity contribution in [2.24, 2.45) is 0 Å². The number of H-pyrrole nitrogens is 1. The van der Waals surface area contributed by atoms with Gasteiger partial charge in [0.05, 0.1) is 26.4 Å². The average molecular weight is 695 g/mol. The first kappa shape index (κ1) is 37.5. The van der Waals surface area contributed by atoms with Crippen molar-refractivity contribution in [1.29, 1.82) is 0 Å². The minimum atomic E-state index is -5.68. The number of hydrogen-bond donors (Lipinski definition) is 9. The van der Waals surface area contributed by atoms with Crippen LogP contribution in [0.15, 0.2) is 21.9 Å². The predicted molar refractivity (Wildman–Crippen MR) is 142 cm³/mol. The number of carbonyl (C=O) groups excluding carboxylic acids is 1. The summed E-state index contributed by atoms with van der Waals surface area (Å²) in [6.45, 7) is -0.929. The second-order valence-electron chi connectivity index (χ2n) is 9.66. The SMILES string of the molecule is COCCOCCC(=O)NCC1OC(OP(=O)(O)OP(=O)(O)OCC2OC(n3ccc(=O)[nH]c3=O)[C@H](O)[C@@H]2O)[C@@H](O)[C@@H](O)[C@H]1O. The van der Waals surface area contributed by atoms with Crippen LogP contribution < -0.4 is 16.6 Å². The molecule has 0 spiro atoms. The Morgan fingerprint density at radius 2 is 1.64 bits per heavy atom. The zero-order valence-electron chi connectivity index (χ0n) is 23.5. The Balaban J connectivity index is 1.54. The molecule has 2 fully saturated rings. The molecule has 45 heavy (non-hydrogen) atoms. The number of carbonyl (C=O) groups is 1. The summed E-state index contributed by atoms with van der Waals surface area (Å²) in [7, 11) is -9.75. The number of aromatic nitrogens is 2. The molecule has 258 valence electrons. The maximum absolute atomic E-state index is 12.5. The Morgan fingerprint density at radius 3 is 2.31 bits per heavy atom. The predicted octanol–water partition coefficient (Wildman–Crippen LogP) is -4.62. The number of phosphoric acid groups is 2. The Bertz CT molecular complexity index is 1340. The summed E-state index contributed by atoms with van der Waals surface area (Å²) in [5.41, 5.74) is -1.76. The van der Waals surface area contributed by atoms with Gasteiger partial charge in [-0.3, -0.25) is 28.2 Å². The highest BCUT2D eigenvalue weighted by Gasteiger charge is 2.49. The maximum atomic E-state index is 12.5. The molecule has 0 radical (unpaired) electrons. The lowest BCUT2D eigenvalue weighted by Gasteiger charge is -2.40. The smallest absolute Gasteiger partial charge is 0.388 e. The lowest BCUT2D eigenvalue weighted by molar-refractivity contribution is -0.273. The number of methoxy groups -OCH3 is 1. The molecule has 3 heterocycles. The first-order valence-corrected chi connectivity index (χ1v) is 16.1. The van der Waals surface area contributed by atoms with Gasteiger partial charge in [0.1, 0.15) is 42.7 Å². The van der Waals surface area contributed by atoms with Crippen molar-refractivity contribution in [3.8, 4) is 0 Å². The van der Waals surface area contributed by atoms with E-state index in [0.717, 1.165) is 16.8 Å². The fourth-order valence-electron chi connectivity index (χ4n) is 4.08. The van der Waals surface area contributed by atoms with Crippen molar-refractivity contribution >= 4 is 21.6 Å². The largest absolute Gasteiger partial charge is 0.483 e. The van der Waals surface area contributed by atoms with Crippen molar-refractivity contribution < 1.29 is 81.5 Å². The van der Waals surface area contributed by atoms with Gasteiger partial charge >= 0.3 is 21.3 Å². The number of aliphatic hydroxyl groups is 5. The normalized spacial score (nSPS) is 32.9. The van der Waals surface area contributed by atoms with E-state index in [1.807, 2.05) is 4.98 Å². The van der Waals surface area contributed by atoms with Crippen molar-refractivity contribution in [2.75, 3.05) is 40.1 Å². The van der Waals surface area contributed by atoms with Gasteiger partial charge in [-0.1, -0.05) is 0 Å². The zero-order valence-corrected chi connectivity index (χ0v) is 25.3. The zero-order chi connectivity index (χ0) is 33.5. The molecule has 1 aromatic rings. The van der Waals surface area contributed by atoms with E-state index in [1.165, 1.54) is 7.11 Å². The van der Waals surface area contributed by atoms with Crippen LogP contribution in [0.25, 0.3) is 0 Å². The molecule has 1 amide bonds. The Morgan fingerprint density at radius 1 is 0.956 bits per heavy atom. The highest BCUT2D eigenvalue weighted by Crippen LogP contribution is 2.61. The van der Waals surface area contributed by atoms with E-state index in [1.54, 1.807) is 0 Å². The molecule has 22 nitrogen and oxygen atoms in total. The van der Waals surface area contributed by atoms with E-state index in [0.29, 0.717) is 6.61 Å². The minimum Gasteiger partial charge on any atom is -0.388 e. The number of nitrogens with zero attached hydrogens (tertiary/aromatic N) is 1. The van der Waals surface area contributed by atoms with Crippen molar-refractivity contribution in [1.82, 2.24) is 14.9 Å². The van der Waals surface area contributed by atoms with E-state index in [-0.39, 0.29) is 19.6 Å². The van der Waals surface area contributed by atoms with E-state index in [9.17, 15) is 58.8 Å². The third-order valence-electron chi connectivity index (χ3n) is 6.38. The van der Waals surface area contributed by atoms with Crippen LogP contribution in [0.1, 0.15) is 12.6 Å². The number of amides is 1. The molecular formula is C21H35N3O19P2. The van der Waals surface area contributed by atoms with Gasteiger partial charge in [-0.15, -0.1) is 0 Å². The second kappa shape index (κ2) is 16.2. The van der Waals surface area contributed by atoms with Gasteiger partial charge in [0.15, 0.2) is 12.5 Å². The van der Waals surface area contributed by atoms with E-state index >= 15 is 0 Å². The van der Waals surface area contributed by atoms with Crippen molar-refractivity contribution in [3.05, 3.63) is 33.1 Å². The number of nitrogens with one attached hydrogen (secondary N) is 2. The minimum absolute atomic E-state index is 0.0345. The van der Waals surface area contributed by atoms with Gasteiger partial charge in [0.2, 0.25) is 5.91 Å². The topological polar surface area (TPSA) is 324 Å². The van der Waals surface area contributed by atoms with Crippen LogP contribution in [0.5, 0.6) is 0 Å². The van der Waals surface area contributed by atoms with Gasteiger partial charge < -0.3 is 59.6 Å². The van der Waals surface area contributed by atoms with Gasteiger partial charge in [0, 0.05) is 32.3 Å². The molecule has 0 saturated carbocycles. The first-order valence-electron chi connectivity index (χ1n) is 13.1. The standard InChI is InChI=1S/C21H35N3O19P2/c1-37-6-7-38-5-3-12(25)22-8-10-14(27)16(29)18(31)20(41-10)42-45(35,36)43-44(33,34)39-9-11-15(28)17(30)19(40-11)24-4-2-13(26)23-21(24)32/h2,4,10-11,14-20,27-31H,3,5-9H2,1H3,(H,22,25)(H,33,34)(H,35,36)(H,23,26,32)/t10?,11?,14-,15+,16-,17+,18-,19?,20?/m0/s1. The summed E-state index contributed by atoms with van der Waals surface area (Å²) in [6.07, 6.45) is -15.7. The van der Waals surface area contributed by atoms with E-state index in [2.05, 4.69) is 18.7 Å². The Labute approximate surface area is 253 Å². The third kappa shape index (κ3) is 10.5. The van der Waals surface area contributed by atoms with Crippen LogP contribution in [0.2, 0.25) is 0 Å². The molecule has 0 aliphatic carbocycles. The fraction of sp³-hybridized carbons (Fsp3) is 0.762. The van der Waals surface area contributed by atoms with Crippen LogP contribution in [0, 0.1) is 0 Å². The van der Waals surface area contributed by atoms with Crippen LogP contribution >= 0.6 is 15.6 Å². The van der Waals surface area contributed by atoms with Crippen LogP contribution in [0.4, 0.5) is 0 Å². The lowest BCUT2D eigenvalue weighted by atomic mass is 9.99. The Hall–Kier alpha value is -1.95. The monoisotopic (exact) mass is 695 g/mol. The number of ether oxygens (including phenoxy) is 4. The van der Waals surface area contributed by atoms with E-state index < -0.39 is 101 Å². The number of phosphoric ester groups is 2. The Kier molecular flexibility index (Phi) is 13.5. The molecule has 2 aliphatic rings. The van der Waals surface area contributed by atoms with Crippen LogP contribution in [-0.4, -0.2) is 140 Å². The first-order chi connectivity index (χ1) is 21.0. The summed E-state index contributed by atoms with van der Waals surface area (Å²) in [6, 6.07) is 0.926. The molecule has 11 atom stereocenters. The summed E-state index contributed by atoms with van der Waals surface area (Å²) in [5.74, 6) is -0.559.